The average Bonchev–Trinajstić information content (AvgIpc) is 2.79. The Labute approximate surface area is 204 Å². The van der Waals surface area contributed by atoms with E-state index in [1.54, 1.807) is 18.2 Å². The summed E-state index contributed by atoms with van der Waals surface area (Å²) in [6, 6.07) is 6.95. The maximum Gasteiger partial charge on any atom is 0.407 e. The fourth-order valence-corrected chi connectivity index (χ4v) is 2.54. The van der Waals surface area contributed by atoms with Crippen molar-refractivity contribution in [3.05, 3.63) is 35.4 Å². The second kappa shape index (κ2) is 20.2. The summed E-state index contributed by atoms with van der Waals surface area (Å²) in [4.78, 5) is 22.4. The predicted molar refractivity (Wildman–Crippen MR) is 131 cm³/mol. The van der Waals surface area contributed by atoms with E-state index in [-0.39, 0.29) is 0 Å². The van der Waals surface area contributed by atoms with Gasteiger partial charge in [-0.25, -0.2) is 9.59 Å². The van der Waals surface area contributed by atoms with Crippen molar-refractivity contribution in [3.8, 4) is 0 Å². The number of carbonyl (C=O) groups excluding carboxylic acids is 1. The molecule has 0 saturated carbocycles. The molecule has 196 valence electrons. The minimum Gasteiger partial charge on any atom is -0.478 e. The Hall–Kier alpha value is -2.20. The molecule has 0 aliphatic rings. The standard InChI is InChI=1S/C23H37NO8.C2H6/c1-23(2,3)32-22(27)24-9-11-29-13-15-31-17-16-30-14-12-28-10-5-7-19-6-4-8-20(18-19)21(25)26;1-2/h4,6,8,18H,5,7,9-17H2,1-3H3,(H,24,27)(H,25,26);1-2H3. The van der Waals surface area contributed by atoms with Crippen LogP contribution >= 0.6 is 0 Å². The summed E-state index contributed by atoms with van der Waals surface area (Å²) >= 11 is 0. The molecule has 1 aromatic rings. The summed E-state index contributed by atoms with van der Waals surface area (Å²) in [7, 11) is 0. The van der Waals surface area contributed by atoms with Gasteiger partial charge in [-0.2, -0.15) is 0 Å². The molecule has 0 atom stereocenters. The highest BCUT2D eigenvalue weighted by Crippen LogP contribution is 2.08. The zero-order chi connectivity index (χ0) is 25.7. The van der Waals surface area contributed by atoms with Gasteiger partial charge in [-0.05, 0) is 51.3 Å². The van der Waals surface area contributed by atoms with Gasteiger partial charge < -0.3 is 34.1 Å². The smallest absolute Gasteiger partial charge is 0.407 e. The van der Waals surface area contributed by atoms with E-state index in [0.29, 0.717) is 65.0 Å². The van der Waals surface area contributed by atoms with E-state index in [9.17, 15) is 9.59 Å². The van der Waals surface area contributed by atoms with Gasteiger partial charge in [0, 0.05) is 13.2 Å². The number of aryl methyl sites for hydroxylation is 1. The number of ether oxygens (including phenoxy) is 5. The Morgan fingerprint density at radius 3 is 1.91 bits per heavy atom. The molecule has 1 rings (SSSR count). The molecule has 0 bridgehead atoms. The highest BCUT2D eigenvalue weighted by molar-refractivity contribution is 5.87. The molecular formula is C25H43NO8. The van der Waals surface area contributed by atoms with Crippen LogP contribution in [0.15, 0.2) is 24.3 Å². The first kappa shape index (κ1) is 31.8. The molecule has 0 aliphatic carbocycles. The number of hydrogen-bond donors (Lipinski definition) is 2. The first-order valence-electron chi connectivity index (χ1n) is 11.9. The maximum atomic E-state index is 11.4. The van der Waals surface area contributed by atoms with Crippen LogP contribution in [-0.2, 0) is 30.1 Å². The molecule has 0 fully saturated rings. The number of alkyl carbamates (subject to hydrolysis) is 1. The second-order valence-electron chi connectivity index (χ2n) is 7.99. The van der Waals surface area contributed by atoms with Crippen LogP contribution < -0.4 is 5.32 Å². The predicted octanol–water partition coefficient (Wildman–Crippen LogP) is 3.93. The van der Waals surface area contributed by atoms with Crippen molar-refractivity contribution < 1.29 is 38.4 Å². The van der Waals surface area contributed by atoms with E-state index >= 15 is 0 Å². The van der Waals surface area contributed by atoms with Crippen molar-refractivity contribution in [1.82, 2.24) is 5.32 Å². The largest absolute Gasteiger partial charge is 0.478 e. The number of amides is 1. The quantitative estimate of drug-likeness (QED) is 0.319. The molecule has 0 aliphatic heterocycles. The van der Waals surface area contributed by atoms with Crippen LogP contribution in [0, 0.1) is 0 Å². The van der Waals surface area contributed by atoms with Gasteiger partial charge in [0.1, 0.15) is 5.60 Å². The van der Waals surface area contributed by atoms with Crippen LogP contribution in [0.25, 0.3) is 0 Å². The van der Waals surface area contributed by atoms with Crippen molar-refractivity contribution in [1.29, 1.82) is 0 Å². The number of aromatic carboxylic acids is 1. The molecule has 0 radical (unpaired) electrons. The lowest BCUT2D eigenvalue weighted by atomic mass is 10.1. The third-order valence-electron chi connectivity index (χ3n) is 3.96. The summed E-state index contributed by atoms with van der Waals surface area (Å²) < 4.78 is 26.8. The Kier molecular flexibility index (Phi) is 18.9. The summed E-state index contributed by atoms with van der Waals surface area (Å²) in [5.74, 6) is -0.913. The number of carbonyl (C=O) groups is 2. The van der Waals surface area contributed by atoms with Crippen molar-refractivity contribution in [2.45, 2.75) is 53.1 Å². The molecule has 9 nitrogen and oxygen atoms in total. The van der Waals surface area contributed by atoms with Crippen LogP contribution in [0.1, 0.15) is 57.0 Å². The molecule has 0 unspecified atom stereocenters. The molecule has 34 heavy (non-hydrogen) atoms. The van der Waals surface area contributed by atoms with Crippen LogP contribution in [0.4, 0.5) is 4.79 Å². The Morgan fingerprint density at radius 1 is 0.853 bits per heavy atom. The van der Waals surface area contributed by atoms with E-state index in [1.165, 1.54) is 0 Å². The van der Waals surface area contributed by atoms with Crippen molar-refractivity contribution in [2.24, 2.45) is 0 Å². The van der Waals surface area contributed by atoms with Crippen LogP contribution in [-0.4, -0.2) is 82.2 Å². The normalized spacial score (nSPS) is 10.9. The van der Waals surface area contributed by atoms with Gasteiger partial charge in [0.2, 0.25) is 0 Å². The third kappa shape index (κ3) is 19.3. The van der Waals surface area contributed by atoms with Gasteiger partial charge in [0.15, 0.2) is 0 Å². The summed E-state index contributed by atoms with van der Waals surface area (Å²) in [6.45, 7) is 13.6. The average molecular weight is 486 g/mol. The lowest BCUT2D eigenvalue weighted by Crippen LogP contribution is -2.34. The van der Waals surface area contributed by atoms with E-state index in [4.69, 9.17) is 28.8 Å². The van der Waals surface area contributed by atoms with Gasteiger partial charge >= 0.3 is 12.1 Å². The number of benzene rings is 1. The monoisotopic (exact) mass is 485 g/mol. The lowest BCUT2D eigenvalue weighted by molar-refractivity contribution is -0.00198. The summed E-state index contributed by atoms with van der Waals surface area (Å²) in [6.07, 6.45) is 1.14. The Morgan fingerprint density at radius 2 is 1.38 bits per heavy atom. The molecule has 1 aromatic carbocycles. The minimum atomic E-state index is -0.913. The first-order chi connectivity index (χ1) is 16.3. The maximum absolute atomic E-state index is 11.4. The number of carboxylic acid groups (broad SMARTS) is 1. The molecule has 0 aromatic heterocycles. The molecule has 0 heterocycles. The molecular weight excluding hydrogens is 442 g/mol. The Bertz CT molecular complexity index is 661. The fraction of sp³-hybridized carbons (Fsp3) is 0.680. The van der Waals surface area contributed by atoms with E-state index in [1.807, 2.05) is 40.7 Å². The van der Waals surface area contributed by atoms with Gasteiger partial charge in [-0.1, -0.05) is 26.0 Å². The van der Waals surface area contributed by atoms with Gasteiger partial charge in [-0.3, -0.25) is 0 Å². The number of carboxylic acids is 1. The lowest BCUT2D eigenvalue weighted by Gasteiger charge is -2.19. The van der Waals surface area contributed by atoms with E-state index < -0.39 is 17.7 Å². The molecule has 0 saturated heterocycles. The zero-order valence-corrected chi connectivity index (χ0v) is 21.4. The molecule has 0 spiro atoms. The highest BCUT2D eigenvalue weighted by Gasteiger charge is 2.15. The number of hydrogen-bond acceptors (Lipinski definition) is 7. The van der Waals surface area contributed by atoms with Crippen molar-refractivity contribution in [2.75, 3.05) is 59.4 Å². The first-order valence-corrected chi connectivity index (χ1v) is 11.9. The Balaban J connectivity index is 0.00000529. The molecule has 2 N–H and O–H groups in total. The fourth-order valence-electron chi connectivity index (χ4n) is 2.54. The number of rotatable bonds is 17. The highest BCUT2D eigenvalue weighted by atomic mass is 16.6. The SMILES string of the molecule is CC.CC(C)(C)OC(=O)NCCOCCOCCOCCOCCCc1cccc(C(=O)O)c1. The summed E-state index contributed by atoms with van der Waals surface area (Å²) in [5.41, 5.74) is 0.788. The topological polar surface area (TPSA) is 113 Å². The third-order valence-corrected chi connectivity index (χ3v) is 3.96. The van der Waals surface area contributed by atoms with Crippen LogP contribution in [0.2, 0.25) is 0 Å². The van der Waals surface area contributed by atoms with Crippen LogP contribution in [0.3, 0.4) is 0 Å². The zero-order valence-electron chi connectivity index (χ0n) is 21.4. The van der Waals surface area contributed by atoms with E-state index in [2.05, 4.69) is 5.32 Å². The summed E-state index contributed by atoms with van der Waals surface area (Å²) in [5, 5.41) is 11.6. The van der Waals surface area contributed by atoms with Gasteiger partial charge in [0.25, 0.3) is 0 Å². The number of nitrogens with one attached hydrogen (secondary N) is 1. The van der Waals surface area contributed by atoms with Gasteiger partial charge in [0.05, 0.1) is 51.8 Å². The van der Waals surface area contributed by atoms with Crippen molar-refractivity contribution in [3.63, 3.8) is 0 Å². The molecule has 1 amide bonds. The molecule has 9 heteroatoms. The second-order valence-corrected chi connectivity index (χ2v) is 7.99. The van der Waals surface area contributed by atoms with E-state index in [0.717, 1.165) is 18.4 Å². The van der Waals surface area contributed by atoms with Crippen molar-refractivity contribution >= 4 is 12.1 Å². The van der Waals surface area contributed by atoms with Gasteiger partial charge in [-0.15, -0.1) is 0 Å². The minimum absolute atomic E-state index is 0.306. The van der Waals surface area contributed by atoms with Crippen LogP contribution in [0.5, 0.6) is 0 Å².